The first-order valence-electron chi connectivity index (χ1n) is 4.90. The fourth-order valence-electron chi connectivity index (χ4n) is 1.17. The lowest BCUT2D eigenvalue weighted by Crippen LogP contribution is -2.21. The Bertz CT molecular complexity index is 254. The molecule has 0 heterocycles. The zero-order valence-electron chi connectivity index (χ0n) is 9.83. The number of hydrogen-bond acceptors (Lipinski definition) is 2. The van der Waals surface area contributed by atoms with E-state index in [-0.39, 0.29) is 0 Å². The smallest absolute Gasteiger partial charge is 0.0838 e. The zero-order chi connectivity index (χ0) is 11.4. The van der Waals surface area contributed by atoms with Gasteiger partial charge in [-0.25, -0.2) is 0 Å². The third kappa shape index (κ3) is 3.88. The van der Waals surface area contributed by atoms with E-state index in [1.165, 1.54) is 0 Å². The predicted molar refractivity (Wildman–Crippen MR) is 62.5 cm³/mol. The molecule has 0 aromatic rings. The monoisotopic (exact) mass is 195 g/mol. The van der Waals surface area contributed by atoms with Gasteiger partial charge in [-0.3, -0.25) is 4.99 Å². The van der Waals surface area contributed by atoms with Gasteiger partial charge in [-0.1, -0.05) is 19.9 Å². The van der Waals surface area contributed by atoms with Gasteiger partial charge in [-0.15, -0.1) is 0 Å². The molecule has 14 heavy (non-hydrogen) atoms. The number of aliphatic hydroxyl groups is 1. The maximum atomic E-state index is 9.83. The number of nitrogens with zero attached hydrogens (tertiary/aromatic N) is 1. The average Bonchev–Trinajstić information content (AvgIpc) is 2.03. The molecule has 80 valence electrons. The Labute approximate surface area is 87.1 Å². The molecule has 0 amide bonds. The van der Waals surface area contributed by atoms with Crippen molar-refractivity contribution >= 4 is 6.72 Å². The Morgan fingerprint density at radius 2 is 1.93 bits per heavy atom. The van der Waals surface area contributed by atoms with Crippen molar-refractivity contribution in [3.05, 3.63) is 23.4 Å². The van der Waals surface area contributed by atoms with E-state index < -0.39 is 5.60 Å². The van der Waals surface area contributed by atoms with Crippen LogP contribution in [0.4, 0.5) is 0 Å². The van der Waals surface area contributed by atoms with E-state index in [9.17, 15) is 5.11 Å². The summed E-state index contributed by atoms with van der Waals surface area (Å²) in [6, 6.07) is 0. The van der Waals surface area contributed by atoms with Crippen LogP contribution in [-0.2, 0) is 0 Å². The van der Waals surface area contributed by atoms with Crippen molar-refractivity contribution in [3.63, 3.8) is 0 Å². The molecule has 0 saturated heterocycles. The Hall–Kier alpha value is -0.890. The minimum Gasteiger partial charge on any atom is -0.386 e. The van der Waals surface area contributed by atoms with Gasteiger partial charge in [0.15, 0.2) is 0 Å². The number of aliphatic imine (C=N–C) groups is 1. The lowest BCUT2D eigenvalue weighted by molar-refractivity contribution is 0.123. The van der Waals surface area contributed by atoms with E-state index in [0.717, 1.165) is 11.3 Å². The van der Waals surface area contributed by atoms with Crippen LogP contribution in [0.3, 0.4) is 0 Å². The molecule has 0 aliphatic rings. The first-order chi connectivity index (χ1) is 6.32. The Morgan fingerprint density at radius 1 is 1.43 bits per heavy atom. The van der Waals surface area contributed by atoms with Crippen molar-refractivity contribution in [1.82, 2.24) is 0 Å². The molecule has 0 aliphatic heterocycles. The van der Waals surface area contributed by atoms with Crippen LogP contribution in [0.2, 0.25) is 0 Å². The maximum absolute atomic E-state index is 9.83. The lowest BCUT2D eigenvalue weighted by Gasteiger charge is -2.20. The number of rotatable bonds is 4. The van der Waals surface area contributed by atoms with E-state index in [1.54, 1.807) is 13.8 Å². The summed E-state index contributed by atoms with van der Waals surface area (Å²) in [4.78, 5) is 3.95. The molecular formula is C12H21NO. The highest BCUT2D eigenvalue weighted by atomic mass is 16.3. The van der Waals surface area contributed by atoms with Crippen LogP contribution in [0.15, 0.2) is 28.4 Å². The summed E-state index contributed by atoms with van der Waals surface area (Å²) in [5.41, 5.74) is 0.952. The van der Waals surface area contributed by atoms with Crippen LogP contribution in [0.1, 0.15) is 34.6 Å². The second-order valence-corrected chi connectivity index (χ2v) is 4.19. The standard InChI is InChI=1S/C12H21NO/c1-7-10(12(4,5)14)8-11(13-6)9(2)3/h7-9,14H,6H2,1-5H3/b10-7+,11-8-. The molecule has 0 aliphatic carbocycles. The van der Waals surface area contributed by atoms with Gasteiger partial charge in [-0.05, 0) is 45.1 Å². The maximum Gasteiger partial charge on any atom is 0.0838 e. The molecule has 0 fully saturated rings. The molecule has 0 radical (unpaired) electrons. The fourth-order valence-corrected chi connectivity index (χ4v) is 1.17. The molecule has 0 rings (SSSR count). The largest absolute Gasteiger partial charge is 0.386 e. The van der Waals surface area contributed by atoms with Crippen molar-refractivity contribution in [2.24, 2.45) is 10.9 Å². The molecule has 0 aromatic carbocycles. The molecule has 0 atom stereocenters. The lowest BCUT2D eigenvalue weighted by atomic mass is 9.95. The van der Waals surface area contributed by atoms with Gasteiger partial charge in [0, 0.05) is 5.70 Å². The second-order valence-electron chi connectivity index (χ2n) is 4.19. The zero-order valence-corrected chi connectivity index (χ0v) is 9.83. The van der Waals surface area contributed by atoms with Crippen molar-refractivity contribution in [1.29, 1.82) is 0 Å². The SMILES string of the molecule is C=N/C(=C\C(=C/C)C(C)(C)O)C(C)C. The topological polar surface area (TPSA) is 32.6 Å². The van der Waals surface area contributed by atoms with Crippen LogP contribution in [-0.4, -0.2) is 17.4 Å². The summed E-state index contributed by atoms with van der Waals surface area (Å²) in [5.74, 6) is 0.324. The Kier molecular flexibility index (Phi) is 4.78. The highest BCUT2D eigenvalue weighted by Gasteiger charge is 2.17. The predicted octanol–water partition coefficient (Wildman–Crippen LogP) is 2.94. The number of hydrogen-bond donors (Lipinski definition) is 1. The Morgan fingerprint density at radius 3 is 2.14 bits per heavy atom. The average molecular weight is 195 g/mol. The van der Waals surface area contributed by atoms with Gasteiger partial charge >= 0.3 is 0 Å². The molecule has 0 aromatic heterocycles. The third-order valence-electron chi connectivity index (χ3n) is 2.09. The van der Waals surface area contributed by atoms with Gasteiger partial charge < -0.3 is 5.11 Å². The van der Waals surface area contributed by atoms with E-state index in [0.29, 0.717) is 5.92 Å². The van der Waals surface area contributed by atoms with Gasteiger partial charge in [0.05, 0.1) is 5.60 Å². The summed E-state index contributed by atoms with van der Waals surface area (Å²) in [5, 5.41) is 9.83. The van der Waals surface area contributed by atoms with E-state index in [2.05, 4.69) is 25.6 Å². The summed E-state index contributed by atoms with van der Waals surface area (Å²) in [7, 11) is 0. The summed E-state index contributed by atoms with van der Waals surface area (Å²) >= 11 is 0. The van der Waals surface area contributed by atoms with Crippen molar-refractivity contribution in [2.45, 2.75) is 40.2 Å². The molecule has 1 N–H and O–H groups in total. The molecule has 2 heteroatoms. The summed E-state index contributed by atoms with van der Waals surface area (Å²) in [6.45, 7) is 13.1. The second kappa shape index (κ2) is 5.11. The first-order valence-corrected chi connectivity index (χ1v) is 4.90. The van der Waals surface area contributed by atoms with E-state index in [1.807, 2.05) is 19.1 Å². The summed E-state index contributed by atoms with van der Waals surface area (Å²) < 4.78 is 0. The normalized spacial score (nSPS) is 14.8. The van der Waals surface area contributed by atoms with Gasteiger partial charge in [0.2, 0.25) is 0 Å². The van der Waals surface area contributed by atoms with Crippen molar-refractivity contribution in [3.8, 4) is 0 Å². The molecule has 0 unspecified atom stereocenters. The molecule has 0 saturated carbocycles. The van der Waals surface area contributed by atoms with Crippen LogP contribution in [0.25, 0.3) is 0 Å². The van der Waals surface area contributed by atoms with Crippen molar-refractivity contribution < 1.29 is 5.11 Å². The first kappa shape index (κ1) is 13.1. The van der Waals surface area contributed by atoms with Gasteiger partial charge in [-0.2, -0.15) is 0 Å². The third-order valence-corrected chi connectivity index (χ3v) is 2.09. The van der Waals surface area contributed by atoms with E-state index >= 15 is 0 Å². The molecule has 0 spiro atoms. The highest BCUT2D eigenvalue weighted by Crippen LogP contribution is 2.21. The highest BCUT2D eigenvalue weighted by molar-refractivity contribution is 5.35. The Balaban J connectivity index is 5.02. The molecule has 2 nitrogen and oxygen atoms in total. The number of allylic oxidation sites excluding steroid dienone is 2. The van der Waals surface area contributed by atoms with Crippen molar-refractivity contribution in [2.75, 3.05) is 0 Å². The molecule has 0 bridgehead atoms. The minimum atomic E-state index is -0.820. The summed E-state index contributed by atoms with van der Waals surface area (Å²) in [6.07, 6.45) is 3.80. The van der Waals surface area contributed by atoms with Crippen LogP contribution >= 0.6 is 0 Å². The quantitative estimate of drug-likeness (QED) is 0.543. The van der Waals surface area contributed by atoms with Gasteiger partial charge in [0.1, 0.15) is 0 Å². The van der Waals surface area contributed by atoms with E-state index in [4.69, 9.17) is 0 Å². The van der Waals surface area contributed by atoms with Crippen LogP contribution in [0.5, 0.6) is 0 Å². The van der Waals surface area contributed by atoms with Crippen LogP contribution < -0.4 is 0 Å². The minimum absolute atomic E-state index is 0.324. The fraction of sp³-hybridized carbons (Fsp3) is 0.583. The molecular weight excluding hydrogens is 174 g/mol. The van der Waals surface area contributed by atoms with Crippen LogP contribution in [0, 0.1) is 5.92 Å². The van der Waals surface area contributed by atoms with Gasteiger partial charge in [0.25, 0.3) is 0 Å².